The Morgan fingerprint density at radius 3 is 2.55 bits per heavy atom. The highest BCUT2D eigenvalue weighted by Crippen LogP contribution is 2.35. The predicted molar refractivity (Wildman–Crippen MR) is 85.8 cm³/mol. The monoisotopic (exact) mass is 304 g/mol. The van der Waals surface area contributed by atoms with Gasteiger partial charge in [0.05, 0.1) is 4.92 Å². The molecule has 0 saturated heterocycles. The predicted octanol–water partition coefficient (Wildman–Crippen LogP) is 2.62. The first-order valence-corrected chi connectivity index (χ1v) is 7.26. The van der Waals surface area contributed by atoms with Gasteiger partial charge in [-0.3, -0.25) is 20.1 Å². The molecule has 0 saturated carbocycles. The maximum absolute atomic E-state index is 11.4. The van der Waals surface area contributed by atoms with Crippen LogP contribution in [0.15, 0.2) is 9.98 Å². The Balaban J connectivity index is 2.49. The molecule has 1 aliphatic heterocycles. The van der Waals surface area contributed by atoms with Gasteiger partial charge in [-0.05, 0) is 27.2 Å². The number of hydrogen-bond acceptors (Lipinski definition) is 7. The number of nitrogens with one attached hydrogen (secondary N) is 1. The van der Waals surface area contributed by atoms with E-state index in [1.165, 1.54) is 12.4 Å². The summed E-state index contributed by atoms with van der Waals surface area (Å²) in [6.45, 7) is 7.41. The van der Waals surface area contributed by atoms with Crippen molar-refractivity contribution in [1.82, 2.24) is 9.97 Å². The Morgan fingerprint density at radius 2 is 2.00 bits per heavy atom. The average molecular weight is 304 g/mol. The summed E-state index contributed by atoms with van der Waals surface area (Å²) in [5.74, 6) is 0.373. The van der Waals surface area contributed by atoms with Crippen LogP contribution in [0.2, 0.25) is 0 Å². The van der Waals surface area contributed by atoms with Gasteiger partial charge in [0.25, 0.3) is 0 Å². The topological polar surface area (TPSA) is 106 Å². The fourth-order valence-electron chi connectivity index (χ4n) is 2.42. The smallest absolute Gasteiger partial charge is 0.316 e. The quantitative estimate of drug-likeness (QED) is 0.642. The summed E-state index contributed by atoms with van der Waals surface area (Å²) in [6, 6.07) is 0.182. The van der Waals surface area contributed by atoms with Crippen LogP contribution in [0.1, 0.15) is 45.0 Å². The van der Waals surface area contributed by atoms with Gasteiger partial charge in [0.15, 0.2) is 11.4 Å². The van der Waals surface area contributed by atoms with Crippen LogP contribution >= 0.6 is 0 Å². The van der Waals surface area contributed by atoms with Crippen molar-refractivity contribution in [2.75, 3.05) is 5.32 Å². The Labute approximate surface area is 129 Å². The third-order valence-corrected chi connectivity index (χ3v) is 3.51. The fraction of sp³-hybridized carbons (Fsp3) is 0.571. The molecule has 8 nitrogen and oxygen atoms in total. The molecule has 1 atom stereocenters. The summed E-state index contributed by atoms with van der Waals surface area (Å²) in [5, 5.41) is 14.6. The molecule has 1 unspecified atom stereocenters. The molecule has 1 aliphatic rings. The third-order valence-electron chi connectivity index (χ3n) is 3.51. The van der Waals surface area contributed by atoms with Crippen molar-refractivity contribution in [3.8, 4) is 0 Å². The number of aliphatic imine (C=N–C) groups is 2. The maximum atomic E-state index is 11.4. The molecule has 1 N–H and O–H groups in total. The number of rotatable bonds is 6. The minimum atomic E-state index is -1.07. The van der Waals surface area contributed by atoms with Crippen molar-refractivity contribution in [2.24, 2.45) is 9.98 Å². The van der Waals surface area contributed by atoms with Crippen LogP contribution in [0.4, 0.5) is 11.6 Å². The van der Waals surface area contributed by atoms with Crippen LogP contribution in [0.25, 0.3) is 0 Å². The molecular weight excluding hydrogens is 284 g/mol. The van der Waals surface area contributed by atoms with Crippen LogP contribution in [-0.4, -0.2) is 33.4 Å². The molecule has 0 radical (unpaired) electrons. The first-order valence-electron chi connectivity index (χ1n) is 7.26. The van der Waals surface area contributed by atoms with Crippen molar-refractivity contribution >= 4 is 24.1 Å². The lowest BCUT2D eigenvalue weighted by molar-refractivity contribution is -0.387. The highest BCUT2D eigenvalue weighted by Gasteiger charge is 2.37. The van der Waals surface area contributed by atoms with Gasteiger partial charge in [0.1, 0.15) is 5.69 Å². The molecule has 8 heteroatoms. The number of nitrogens with zero attached hydrogens (tertiary/aromatic N) is 5. The standard InChI is InChI=1S/C14H20N6O2/c1-5-6-9(2)17-13-18-10(3)11(20(21)22)12(19-13)14(4)15-7-8-16-14/h7-9H,5-6H2,1-4H3,(H,17,18,19). The zero-order valence-corrected chi connectivity index (χ0v) is 13.2. The first-order chi connectivity index (χ1) is 10.4. The van der Waals surface area contributed by atoms with Gasteiger partial charge >= 0.3 is 5.69 Å². The van der Waals surface area contributed by atoms with Gasteiger partial charge in [0, 0.05) is 18.5 Å². The lowest BCUT2D eigenvalue weighted by atomic mass is 10.1. The second-order valence-corrected chi connectivity index (χ2v) is 5.50. The normalized spacial score (nSPS) is 16.7. The van der Waals surface area contributed by atoms with Crippen molar-refractivity contribution in [3.05, 3.63) is 21.5 Å². The van der Waals surface area contributed by atoms with E-state index in [4.69, 9.17) is 0 Å². The van der Waals surface area contributed by atoms with Crippen molar-refractivity contribution in [1.29, 1.82) is 0 Å². The Hall–Kier alpha value is -2.38. The molecule has 0 aliphatic carbocycles. The minimum Gasteiger partial charge on any atom is -0.352 e. The van der Waals surface area contributed by atoms with E-state index in [1.54, 1.807) is 13.8 Å². The lowest BCUT2D eigenvalue weighted by Gasteiger charge is -2.19. The van der Waals surface area contributed by atoms with Gasteiger partial charge in [-0.15, -0.1) is 0 Å². The van der Waals surface area contributed by atoms with Crippen LogP contribution in [0, 0.1) is 17.0 Å². The first kappa shape index (κ1) is 16.0. The second-order valence-electron chi connectivity index (χ2n) is 5.50. The second kappa shape index (κ2) is 6.17. The number of hydrogen-bond donors (Lipinski definition) is 1. The molecule has 118 valence electrons. The number of aromatic nitrogens is 2. The summed E-state index contributed by atoms with van der Waals surface area (Å²) >= 11 is 0. The van der Waals surface area contributed by atoms with E-state index < -0.39 is 10.6 Å². The summed E-state index contributed by atoms with van der Waals surface area (Å²) in [7, 11) is 0. The number of anilines is 1. The zero-order valence-electron chi connectivity index (χ0n) is 13.2. The summed E-state index contributed by atoms with van der Waals surface area (Å²) < 4.78 is 0. The summed E-state index contributed by atoms with van der Waals surface area (Å²) in [5.41, 5.74) is -0.686. The van der Waals surface area contributed by atoms with Gasteiger partial charge in [-0.1, -0.05) is 13.3 Å². The molecule has 1 aromatic rings. The van der Waals surface area contributed by atoms with Gasteiger partial charge < -0.3 is 5.32 Å². The van der Waals surface area contributed by atoms with Crippen LogP contribution in [0.5, 0.6) is 0 Å². The molecule has 2 heterocycles. The molecule has 1 aromatic heterocycles. The zero-order chi connectivity index (χ0) is 16.3. The molecule has 2 rings (SSSR count). The van der Waals surface area contributed by atoms with Crippen molar-refractivity contribution in [2.45, 2.75) is 52.2 Å². The van der Waals surface area contributed by atoms with Gasteiger partial charge in [-0.25, -0.2) is 9.97 Å². The summed E-state index contributed by atoms with van der Waals surface area (Å²) in [6.07, 6.45) is 5.03. The van der Waals surface area contributed by atoms with E-state index in [2.05, 4.69) is 32.2 Å². The van der Waals surface area contributed by atoms with E-state index in [-0.39, 0.29) is 17.4 Å². The number of aryl methyl sites for hydroxylation is 1. The van der Waals surface area contributed by atoms with E-state index in [0.717, 1.165) is 12.8 Å². The van der Waals surface area contributed by atoms with Crippen LogP contribution in [-0.2, 0) is 5.66 Å². The summed E-state index contributed by atoms with van der Waals surface area (Å²) in [4.78, 5) is 27.9. The SMILES string of the molecule is CCCC(C)Nc1nc(C)c([N+](=O)[O-])c(C2(C)N=CC=N2)n1. The van der Waals surface area contributed by atoms with Gasteiger partial charge in [-0.2, -0.15) is 0 Å². The van der Waals surface area contributed by atoms with Crippen molar-refractivity contribution in [3.63, 3.8) is 0 Å². The lowest BCUT2D eigenvalue weighted by Crippen LogP contribution is -2.23. The van der Waals surface area contributed by atoms with Gasteiger partial charge in [0.2, 0.25) is 5.95 Å². The van der Waals surface area contributed by atoms with E-state index in [0.29, 0.717) is 11.6 Å². The number of nitro groups is 1. The highest BCUT2D eigenvalue weighted by molar-refractivity contribution is 6.17. The average Bonchev–Trinajstić information content (AvgIpc) is 2.86. The van der Waals surface area contributed by atoms with E-state index in [9.17, 15) is 10.1 Å². The largest absolute Gasteiger partial charge is 0.352 e. The Bertz CT molecular complexity index is 628. The third kappa shape index (κ3) is 3.10. The molecule has 0 amide bonds. The van der Waals surface area contributed by atoms with E-state index in [1.807, 2.05) is 6.92 Å². The van der Waals surface area contributed by atoms with Crippen LogP contribution < -0.4 is 5.32 Å². The maximum Gasteiger partial charge on any atom is 0.316 e. The Morgan fingerprint density at radius 1 is 1.36 bits per heavy atom. The highest BCUT2D eigenvalue weighted by atomic mass is 16.6. The molecule has 0 spiro atoms. The molecule has 0 fully saturated rings. The van der Waals surface area contributed by atoms with Crippen molar-refractivity contribution < 1.29 is 4.92 Å². The Kier molecular flexibility index (Phi) is 4.48. The molecule has 0 aromatic carbocycles. The fourth-order valence-corrected chi connectivity index (χ4v) is 2.42. The van der Waals surface area contributed by atoms with Crippen LogP contribution in [0.3, 0.4) is 0 Å². The van der Waals surface area contributed by atoms with E-state index >= 15 is 0 Å². The molecule has 22 heavy (non-hydrogen) atoms. The minimum absolute atomic E-state index is 0.132. The molecule has 0 bridgehead atoms. The molecular formula is C14H20N6O2.